The summed E-state index contributed by atoms with van der Waals surface area (Å²) in [5.74, 6) is 0.254. The molecule has 5 nitrogen and oxygen atoms in total. The van der Waals surface area contributed by atoms with E-state index < -0.39 is 10.0 Å². The highest BCUT2D eigenvalue weighted by molar-refractivity contribution is 7.89. The topological polar surface area (TPSA) is 57.7 Å². The van der Waals surface area contributed by atoms with E-state index in [9.17, 15) is 13.2 Å². The van der Waals surface area contributed by atoms with E-state index in [1.165, 1.54) is 17.5 Å². The number of amides is 1. The molecule has 1 aliphatic heterocycles. The minimum atomic E-state index is -3.49. The summed E-state index contributed by atoms with van der Waals surface area (Å²) in [6.07, 6.45) is 11.2. The number of nitrogens with zero attached hydrogens (tertiary/aromatic N) is 2. The molecular weight excluding hydrogens is 360 g/mol. The molecule has 0 radical (unpaired) electrons. The van der Waals surface area contributed by atoms with Crippen LogP contribution in [-0.2, 0) is 27.7 Å². The highest BCUT2D eigenvalue weighted by atomic mass is 32.2. The van der Waals surface area contributed by atoms with Crippen molar-refractivity contribution >= 4 is 15.9 Å². The lowest BCUT2D eigenvalue weighted by atomic mass is 9.92. The second-order valence-corrected chi connectivity index (χ2v) is 9.79. The van der Waals surface area contributed by atoms with Gasteiger partial charge < -0.3 is 4.90 Å². The van der Waals surface area contributed by atoms with Crippen LogP contribution in [0.2, 0.25) is 0 Å². The van der Waals surface area contributed by atoms with Crippen molar-refractivity contribution in [3.05, 3.63) is 41.5 Å². The highest BCUT2D eigenvalue weighted by Gasteiger charge is 2.32. The molecule has 0 aromatic heterocycles. The molecule has 1 heterocycles. The van der Waals surface area contributed by atoms with Crippen LogP contribution in [0.1, 0.15) is 43.2 Å². The number of sulfonamides is 1. The number of fused-ring (bicyclic) bond motifs is 1. The second-order valence-electron chi connectivity index (χ2n) is 7.85. The minimum absolute atomic E-state index is 0.0683. The molecule has 1 aromatic rings. The Kier molecular flexibility index (Phi) is 5.37. The summed E-state index contributed by atoms with van der Waals surface area (Å²) in [4.78, 5) is 14.9. The molecule has 27 heavy (non-hydrogen) atoms. The second kappa shape index (κ2) is 7.76. The third-order valence-electron chi connectivity index (χ3n) is 6.13. The van der Waals surface area contributed by atoms with E-state index in [0.29, 0.717) is 31.1 Å². The summed E-state index contributed by atoms with van der Waals surface area (Å²) in [5, 5.41) is 0. The van der Waals surface area contributed by atoms with Crippen LogP contribution in [0.5, 0.6) is 0 Å². The van der Waals surface area contributed by atoms with Gasteiger partial charge in [-0.2, -0.15) is 4.31 Å². The van der Waals surface area contributed by atoms with Gasteiger partial charge in [0.25, 0.3) is 0 Å². The third-order valence-corrected chi connectivity index (χ3v) is 8.02. The van der Waals surface area contributed by atoms with Gasteiger partial charge in [0.05, 0.1) is 4.90 Å². The maximum atomic E-state index is 13.1. The fourth-order valence-corrected chi connectivity index (χ4v) is 5.92. The summed E-state index contributed by atoms with van der Waals surface area (Å²) >= 11 is 0. The van der Waals surface area contributed by atoms with Crippen molar-refractivity contribution in [2.75, 3.05) is 26.2 Å². The van der Waals surface area contributed by atoms with Gasteiger partial charge >= 0.3 is 0 Å². The van der Waals surface area contributed by atoms with E-state index in [0.717, 1.165) is 38.5 Å². The molecule has 1 aromatic carbocycles. The Morgan fingerprint density at radius 1 is 0.963 bits per heavy atom. The lowest BCUT2D eigenvalue weighted by Gasteiger charge is -2.36. The molecule has 4 rings (SSSR count). The predicted molar refractivity (Wildman–Crippen MR) is 105 cm³/mol. The van der Waals surface area contributed by atoms with Crippen molar-refractivity contribution in [3.63, 3.8) is 0 Å². The summed E-state index contributed by atoms with van der Waals surface area (Å²) < 4.78 is 27.7. The van der Waals surface area contributed by atoms with E-state index in [1.807, 2.05) is 17.0 Å². The standard InChI is InChI=1S/C21H28N2O3S/c24-21(18-7-2-1-3-8-18)22-12-14-23(15-13-22)27(25,26)20-11-10-17-6-4-5-9-19(17)16-20/h1-2,10-11,16,18H,3-9,12-15H2/t18-/m0/s1. The zero-order chi connectivity index (χ0) is 18.9. The summed E-state index contributed by atoms with van der Waals surface area (Å²) in [6, 6.07) is 5.61. The zero-order valence-corrected chi connectivity index (χ0v) is 16.6. The van der Waals surface area contributed by atoms with Gasteiger partial charge in [-0.05, 0) is 68.2 Å². The summed E-state index contributed by atoms with van der Waals surface area (Å²) in [6.45, 7) is 1.74. The van der Waals surface area contributed by atoms with Crippen LogP contribution in [0, 0.1) is 5.92 Å². The number of carbonyl (C=O) groups is 1. The van der Waals surface area contributed by atoms with Crippen LogP contribution in [-0.4, -0.2) is 49.7 Å². The monoisotopic (exact) mass is 388 g/mol. The molecule has 1 saturated heterocycles. The number of rotatable bonds is 3. The molecule has 0 N–H and O–H groups in total. The summed E-state index contributed by atoms with van der Waals surface area (Å²) in [7, 11) is -3.49. The molecular formula is C21H28N2O3S. The fourth-order valence-electron chi connectivity index (χ4n) is 4.44. The van der Waals surface area contributed by atoms with Crippen molar-refractivity contribution in [1.82, 2.24) is 9.21 Å². The van der Waals surface area contributed by atoms with Gasteiger partial charge in [0.15, 0.2) is 0 Å². The Bertz CT molecular complexity index is 839. The molecule has 0 saturated carbocycles. The number of aryl methyl sites for hydroxylation is 2. The van der Waals surface area contributed by atoms with Gasteiger partial charge in [-0.25, -0.2) is 8.42 Å². The smallest absolute Gasteiger partial charge is 0.243 e. The maximum absolute atomic E-state index is 13.1. The number of hydrogen-bond donors (Lipinski definition) is 0. The average Bonchev–Trinajstić information content (AvgIpc) is 2.73. The molecule has 3 aliphatic rings. The Balaban J connectivity index is 1.42. The largest absolute Gasteiger partial charge is 0.340 e. The van der Waals surface area contributed by atoms with E-state index in [2.05, 4.69) is 12.2 Å². The first-order chi connectivity index (χ1) is 13.1. The van der Waals surface area contributed by atoms with Crippen LogP contribution < -0.4 is 0 Å². The zero-order valence-electron chi connectivity index (χ0n) is 15.8. The van der Waals surface area contributed by atoms with Crippen molar-refractivity contribution in [2.24, 2.45) is 5.92 Å². The minimum Gasteiger partial charge on any atom is -0.340 e. The summed E-state index contributed by atoms with van der Waals surface area (Å²) in [5.41, 5.74) is 2.47. The van der Waals surface area contributed by atoms with Gasteiger partial charge in [-0.1, -0.05) is 18.2 Å². The van der Waals surface area contributed by atoms with Gasteiger partial charge in [0.2, 0.25) is 15.9 Å². The SMILES string of the molecule is O=C([C@H]1CC=CCC1)N1CCN(S(=O)(=O)c2ccc3c(c2)CCCC3)CC1. The van der Waals surface area contributed by atoms with Crippen LogP contribution in [0.15, 0.2) is 35.2 Å². The molecule has 1 amide bonds. The molecule has 1 fully saturated rings. The Morgan fingerprint density at radius 2 is 1.70 bits per heavy atom. The van der Waals surface area contributed by atoms with Crippen LogP contribution >= 0.6 is 0 Å². The fraction of sp³-hybridized carbons (Fsp3) is 0.571. The first kappa shape index (κ1) is 18.7. The van der Waals surface area contributed by atoms with E-state index in [4.69, 9.17) is 0 Å². The van der Waals surface area contributed by atoms with Gasteiger partial charge in [0.1, 0.15) is 0 Å². The molecule has 0 bridgehead atoms. The Morgan fingerprint density at radius 3 is 2.41 bits per heavy atom. The Hall–Kier alpha value is -1.66. The lowest BCUT2D eigenvalue weighted by Crippen LogP contribution is -2.51. The van der Waals surface area contributed by atoms with Gasteiger partial charge in [-0.15, -0.1) is 0 Å². The molecule has 6 heteroatoms. The van der Waals surface area contributed by atoms with Crippen LogP contribution in [0.25, 0.3) is 0 Å². The number of hydrogen-bond acceptors (Lipinski definition) is 3. The van der Waals surface area contributed by atoms with Crippen molar-refractivity contribution in [3.8, 4) is 0 Å². The third kappa shape index (κ3) is 3.83. The quantitative estimate of drug-likeness (QED) is 0.748. The van der Waals surface area contributed by atoms with Crippen molar-refractivity contribution in [2.45, 2.75) is 49.8 Å². The molecule has 0 unspecified atom stereocenters. The Labute approximate surface area is 162 Å². The van der Waals surface area contributed by atoms with Crippen molar-refractivity contribution < 1.29 is 13.2 Å². The van der Waals surface area contributed by atoms with E-state index >= 15 is 0 Å². The first-order valence-corrected chi connectivity index (χ1v) is 11.6. The average molecular weight is 389 g/mol. The maximum Gasteiger partial charge on any atom is 0.243 e. The molecule has 146 valence electrons. The normalized spacial score (nSPS) is 23.9. The number of allylic oxidation sites excluding steroid dienone is 2. The molecule has 2 aliphatic carbocycles. The van der Waals surface area contributed by atoms with Gasteiger partial charge in [0, 0.05) is 32.1 Å². The number of piperazine rings is 1. The van der Waals surface area contributed by atoms with Gasteiger partial charge in [-0.3, -0.25) is 4.79 Å². The molecule has 0 spiro atoms. The van der Waals surface area contributed by atoms with Crippen LogP contribution in [0.3, 0.4) is 0 Å². The highest BCUT2D eigenvalue weighted by Crippen LogP contribution is 2.27. The number of carbonyl (C=O) groups excluding carboxylic acids is 1. The predicted octanol–water partition coefficient (Wildman–Crippen LogP) is 2.75. The van der Waals surface area contributed by atoms with Crippen LogP contribution in [0.4, 0.5) is 0 Å². The van der Waals surface area contributed by atoms with Crippen molar-refractivity contribution in [1.29, 1.82) is 0 Å². The lowest BCUT2D eigenvalue weighted by molar-refractivity contribution is -0.137. The number of benzene rings is 1. The van der Waals surface area contributed by atoms with E-state index in [-0.39, 0.29) is 11.8 Å². The first-order valence-electron chi connectivity index (χ1n) is 10.1. The van der Waals surface area contributed by atoms with E-state index in [1.54, 1.807) is 10.4 Å². The molecule has 1 atom stereocenters.